The van der Waals surface area contributed by atoms with Crippen LogP contribution in [-0.4, -0.2) is 52.5 Å². The Hall–Kier alpha value is -2.12. The number of fused-ring (bicyclic) bond motifs is 2. The smallest absolute Gasteiger partial charge is 0.344 e. The molecule has 1 amide bonds. The third-order valence-corrected chi connectivity index (χ3v) is 8.63. The molecule has 7 heteroatoms. The van der Waals surface area contributed by atoms with E-state index in [2.05, 4.69) is 18.3 Å². The third-order valence-electron chi connectivity index (χ3n) is 8.63. The highest BCUT2D eigenvalue weighted by Gasteiger charge is 2.45. The minimum absolute atomic E-state index is 0.129. The lowest BCUT2D eigenvalue weighted by Gasteiger charge is -2.32. The summed E-state index contributed by atoms with van der Waals surface area (Å²) < 4.78 is 11.7. The van der Waals surface area contributed by atoms with E-state index in [4.69, 9.17) is 9.47 Å². The van der Waals surface area contributed by atoms with Gasteiger partial charge in [0, 0.05) is 5.54 Å². The lowest BCUT2D eigenvalue weighted by Crippen LogP contribution is -2.42. The molecule has 2 aliphatic rings. The molecule has 0 saturated heterocycles. The van der Waals surface area contributed by atoms with E-state index in [0.29, 0.717) is 24.0 Å². The molecule has 232 valence electrons. The van der Waals surface area contributed by atoms with Gasteiger partial charge >= 0.3 is 5.97 Å². The van der Waals surface area contributed by atoms with E-state index in [1.807, 2.05) is 46.8 Å². The highest BCUT2D eigenvalue weighted by atomic mass is 16.6. The number of aliphatic hydroxyl groups excluding tert-OH is 2. The number of nitrogens with one attached hydrogen (secondary N) is 1. The second-order valence-corrected chi connectivity index (χ2v) is 14.0. The van der Waals surface area contributed by atoms with E-state index in [9.17, 15) is 19.8 Å². The maximum absolute atomic E-state index is 12.8. The summed E-state index contributed by atoms with van der Waals surface area (Å²) in [6.45, 7) is 11.8. The first-order chi connectivity index (χ1) is 19.4. The Labute approximate surface area is 247 Å². The molecule has 7 nitrogen and oxygen atoms in total. The minimum atomic E-state index is -0.499. The Morgan fingerprint density at radius 1 is 1.12 bits per heavy atom. The number of carbonyl (C=O) groups excluding carboxylic acids is 2. The van der Waals surface area contributed by atoms with E-state index in [1.165, 1.54) is 5.56 Å². The van der Waals surface area contributed by atoms with E-state index in [0.717, 1.165) is 63.4 Å². The molecule has 1 aromatic carbocycles. The van der Waals surface area contributed by atoms with Crippen molar-refractivity contribution in [3.8, 4) is 5.75 Å². The molecule has 1 fully saturated rings. The van der Waals surface area contributed by atoms with Gasteiger partial charge in [-0.2, -0.15) is 0 Å². The summed E-state index contributed by atoms with van der Waals surface area (Å²) in [5.41, 5.74) is 2.00. The summed E-state index contributed by atoms with van der Waals surface area (Å²) in [6, 6.07) is 6.00. The van der Waals surface area contributed by atoms with E-state index in [-0.39, 0.29) is 48.5 Å². The molecule has 0 heterocycles. The first-order valence-corrected chi connectivity index (χ1v) is 16.0. The molecule has 0 aromatic heterocycles. The summed E-state index contributed by atoms with van der Waals surface area (Å²) in [6.07, 6.45) is 7.91. The van der Waals surface area contributed by atoms with E-state index < -0.39 is 12.1 Å². The van der Waals surface area contributed by atoms with Crippen LogP contribution < -0.4 is 10.1 Å². The molecule has 0 radical (unpaired) electrons. The van der Waals surface area contributed by atoms with Crippen molar-refractivity contribution < 1.29 is 29.3 Å². The zero-order valence-corrected chi connectivity index (χ0v) is 26.3. The summed E-state index contributed by atoms with van der Waals surface area (Å²) in [7, 11) is 0. The van der Waals surface area contributed by atoms with Gasteiger partial charge in [-0.15, -0.1) is 0 Å². The standard InChI is InChI=1S/C34H55NO6/c1-7-8-9-12-25(36)14-15-27-28-17-23-11-10-13-31(29(23)18-24(28)19-30(27)37)40-21-33(39)41-26(16-22(2)3)20-32(38)35-34(4,5)6/h10-11,13,22,24-28,30,36-37H,7-9,12,14-21H2,1-6H3,(H,35,38)/t24-,25-,26?,27+,28-,30+/m0/s1. The van der Waals surface area contributed by atoms with Gasteiger partial charge in [0.2, 0.25) is 5.91 Å². The van der Waals surface area contributed by atoms with Crippen LogP contribution in [0.25, 0.3) is 0 Å². The Kier molecular flexibility index (Phi) is 12.5. The maximum Gasteiger partial charge on any atom is 0.344 e. The van der Waals surface area contributed by atoms with Crippen molar-refractivity contribution in [1.82, 2.24) is 5.32 Å². The second kappa shape index (κ2) is 15.4. The Balaban J connectivity index is 1.57. The second-order valence-electron chi connectivity index (χ2n) is 14.0. The zero-order valence-electron chi connectivity index (χ0n) is 26.3. The average Bonchev–Trinajstić information content (AvgIpc) is 3.17. The van der Waals surface area contributed by atoms with Gasteiger partial charge in [-0.05, 0) is 107 Å². The number of benzene rings is 1. The van der Waals surface area contributed by atoms with Gasteiger partial charge in [0.15, 0.2) is 6.61 Å². The van der Waals surface area contributed by atoms with Crippen LogP contribution in [0.3, 0.4) is 0 Å². The van der Waals surface area contributed by atoms with Crippen LogP contribution >= 0.6 is 0 Å². The third kappa shape index (κ3) is 10.6. The molecular weight excluding hydrogens is 518 g/mol. The quantitative estimate of drug-likeness (QED) is 0.182. The fourth-order valence-electron chi connectivity index (χ4n) is 6.83. The Morgan fingerprint density at radius 3 is 2.56 bits per heavy atom. The van der Waals surface area contributed by atoms with Crippen LogP contribution in [0.5, 0.6) is 5.75 Å². The van der Waals surface area contributed by atoms with Crippen LogP contribution in [0.1, 0.15) is 110 Å². The van der Waals surface area contributed by atoms with Crippen LogP contribution in [-0.2, 0) is 27.2 Å². The fourth-order valence-corrected chi connectivity index (χ4v) is 6.83. The maximum atomic E-state index is 12.8. The number of rotatable bonds is 15. The first kappa shape index (κ1) is 33.4. The van der Waals surface area contributed by atoms with Gasteiger partial charge in [-0.25, -0.2) is 4.79 Å². The van der Waals surface area contributed by atoms with Crippen molar-refractivity contribution >= 4 is 11.9 Å². The highest BCUT2D eigenvalue weighted by molar-refractivity contribution is 5.78. The number of hydrogen-bond acceptors (Lipinski definition) is 6. The monoisotopic (exact) mass is 573 g/mol. The number of esters is 1. The first-order valence-electron chi connectivity index (χ1n) is 16.0. The van der Waals surface area contributed by atoms with Crippen LogP contribution in [0, 0.1) is 23.7 Å². The van der Waals surface area contributed by atoms with E-state index >= 15 is 0 Å². The molecule has 3 N–H and O–H groups in total. The summed E-state index contributed by atoms with van der Waals surface area (Å²) >= 11 is 0. The van der Waals surface area contributed by atoms with Crippen molar-refractivity contribution in [3.05, 3.63) is 29.3 Å². The lowest BCUT2D eigenvalue weighted by molar-refractivity contribution is -0.153. The number of ether oxygens (including phenoxy) is 2. The fraction of sp³-hybridized carbons (Fsp3) is 0.765. The van der Waals surface area contributed by atoms with Gasteiger partial charge in [0.1, 0.15) is 11.9 Å². The molecule has 41 heavy (non-hydrogen) atoms. The topological polar surface area (TPSA) is 105 Å². The molecule has 2 aliphatic carbocycles. The molecule has 1 aromatic rings. The van der Waals surface area contributed by atoms with Crippen molar-refractivity contribution in [2.45, 2.75) is 136 Å². The van der Waals surface area contributed by atoms with Crippen LogP contribution in [0.15, 0.2) is 18.2 Å². The van der Waals surface area contributed by atoms with Gasteiger partial charge in [0.05, 0.1) is 18.6 Å². The van der Waals surface area contributed by atoms with Gasteiger partial charge in [-0.3, -0.25) is 4.79 Å². The number of carbonyl (C=O) groups is 2. The summed E-state index contributed by atoms with van der Waals surface area (Å²) in [4.78, 5) is 25.3. The van der Waals surface area contributed by atoms with Crippen molar-refractivity contribution in [2.75, 3.05) is 6.61 Å². The average molecular weight is 574 g/mol. The zero-order chi connectivity index (χ0) is 30.2. The van der Waals surface area contributed by atoms with Crippen molar-refractivity contribution in [1.29, 1.82) is 0 Å². The Bertz CT molecular complexity index is 986. The summed E-state index contributed by atoms with van der Waals surface area (Å²) in [5.74, 6) is 1.35. The van der Waals surface area contributed by atoms with Crippen LogP contribution in [0.2, 0.25) is 0 Å². The number of amides is 1. The molecule has 0 spiro atoms. The van der Waals surface area contributed by atoms with E-state index in [1.54, 1.807) is 0 Å². The molecule has 1 unspecified atom stereocenters. The van der Waals surface area contributed by atoms with Gasteiger partial charge < -0.3 is 25.0 Å². The van der Waals surface area contributed by atoms with Crippen molar-refractivity contribution in [2.24, 2.45) is 23.7 Å². The predicted octanol–water partition coefficient (Wildman–Crippen LogP) is 5.76. The van der Waals surface area contributed by atoms with Gasteiger partial charge in [-0.1, -0.05) is 52.2 Å². The number of hydrogen-bond donors (Lipinski definition) is 3. The SMILES string of the molecule is CCCCC[C@H](O)CC[C@@H]1[C@H]2Cc3cccc(OCC(=O)OC(CC(=O)NC(C)(C)C)CC(C)C)c3C[C@H]2C[C@H]1O. The van der Waals surface area contributed by atoms with Gasteiger partial charge in [0.25, 0.3) is 0 Å². The predicted molar refractivity (Wildman–Crippen MR) is 162 cm³/mol. The molecule has 0 bridgehead atoms. The molecule has 3 rings (SSSR count). The van der Waals surface area contributed by atoms with Crippen LogP contribution in [0.4, 0.5) is 0 Å². The molecular formula is C34H55NO6. The number of aliphatic hydroxyl groups is 2. The highest BCUT2D eigenvalue weighted by Crippen LogP contribution is 2.48. The normalized spacial score (nSPS) is 23.4. The summed E-state index contributed by atoms with van der Waals surface area (Å²) in [5, 5.41) is 24.3. The molecule has 1 saturated carbocycles. The molecule has 6 atom stereocenters. The largest absolute Gasteiger partial charge is 0.482 e. The molecule has 0 aliphatic heterocycles. The Morgan fingerprint density at radius 2 is 1.88 bits per heavy atom. The minimum Gasteiger partial charge on any atom is -0.482 e. The number of unbranched alkanes of at least 4 members (excludes halogenated alkanes) is 2. The van der Waals surface area contributed by atoms with Crippen molar-refractivity contribution in [3.63, 3.8) is 0 Å². The lowest BCUT2D eigenvalue weighted by atomic mass is 9.73.